The number of nitrogens with one attached hydrogen (secondary N) is 1. The Hall–Kier alpha value is -1.24. The van der Waals surface area contributed by atoms with Crippen molar-refractivity contribution in [2.75, 3.05) is 19.7 Å². The summed E-state index contributed by atoms with van der Waals surface area (Å²) in [7, 11) is 0. The number of thiazole rings is 1. The Morgan fingerprint density at radius 2 is 2.42 bits per heavy atom. The molecular formula is C13H18N4OS. The first-order valence-corrected chi connectivity index (χ1v) is 7.35. The predicted octanol–water partition coefficient (Wildman–Crippen LogP) is 2.06. The van der Waals surface area contributed by atoms with Gasteiger partial charge in [-0.05, 0) is 13.8 Å². The molecule has 0 bridgehead atoms. The first kappa shape index (κ1) is 12.8. The van der Waals surface area contributed by atoms with Crippen molar-refractivity contribution >= 4 is 11.3 Å². The van der Waals surface area contributed by atoms with Gasteiger partial charge in [0.1, 0.15) is 11.9 Å². The van der Waals surface area contributed by atoms with Crippen molar-refractivity contribution in [1.29, 1.82) is 0 Å². The highest BCUT2D eigenvalue weighted by Gasteiger charge is 2.24. The third-order valence-corrected chi connectivity index (χ3v) is 4.05. The molecule has 0 unspecified atom stereocenters. The van der Waals surface area contributed by atoms with Gasteiger partial charge in [0, 0.05) is 36.9 Å². The smallest absolute Gasteiger partial charge is 0.136 e. The van der Waals surface area contributed by atoms with Gasteiger partial charge in [0.2, 0.25) is 0 Å². The molecule has 3 rings (SSSR count). The molecule has 19 heavy (non-hydrogen) atoms. The second-order valence-corrected chi connectivity index (χ2v) is 5.97. The predicted molar refractivity (Wildman–Crippen MR) is 74.1 cm³/mol. The molecule has 0 saturated carbocycles. The highest BCUT2D eigenvalue weighted by Crippen LogP contribution is 2.21. The lowest BCUT2D eigenvalue weighted by molar-refractivity contribution is -0.0371. The van der Waals surface area contributed by atoms with Crippen LogP contribution in [0.4, 0.5) is 0 Å². The van der Waals surface area contributed by atoms with Crippen LogP contribution in [0.15, 0.2) is 11.6 Å². The molecule has 1 N–H and O–H groups in total. The van der Waals surface area contributed by atoms with Crippen LogP contribution in [0, 0.1) is 13.8 Å². The zero-order valence-electron chi connectivity index (χ0n) is 11.2. The van der Waals surface area contributed by atoms with Crippen LogP contribution in [0.25, 0.3) is 0 Å². The molecule has 1 saturated heterocycles. The van der Waals surface area contributed by atoms with E-state index in [0.717, 1.165) is 48.5 Å². The fraction of sp³-hybridized carbons (Fsp3) is 0.538. The molecule has 0 amide bonds. The minimum absolute atomic E-state index is 0.0437. The molecule has 1 aliphatic rings. The summed E-state index contributed by atoms with van der Waals surface area (Å²) in [5.41, 5.74) is 2.23. The molecule has 1 fully saturated rings. The van der Waals surface area contributed by atoms with Crippen molar-refractivity contribution in [1.82, 2.24) is 19.9 Å². The molecule has 5 nitrogen and oxygen atoms in total. The van der Waals surface area contributed by atoms with E-state index < -0.39 is 0 Å². The molecule has 1 aliphatic heterocycles. The maximum Gasteiger partial charge on any atom is 0.136 e. The number of rotatable bonds is 3. The molecule has 0 aromatic carbocycles. The van der Waals surface area contributed by atoms with Gasteiger partial charge in [-0.1, -0.05) is 0 Å². The van der Waals surface area contributed by atoms with Crippen molar-refractivity contribution in [2.24, 2.45) is 0 Å². The topological polar surface area (TPSA) is 54.0 Å². The Morgan fingerprint density at radius 3 is 3.11 bits per heavy atom. The summed E-state index contributed by atoms with van der Waals surface area (Å²) < 4.78 is 5.80. The molecule has 0 radical (unpaired) electrons. The number of aromatic amines is 1. The zero-order valence-corrected chi connectivity index (χ0v) is 12.0. The standard InChI is InChI=1S/C13H18N4OS/c1-9-5-14-13(15-9)12-7-17(3-4-18-12)6-11-8-19-10(2)16-11/h5,8,12H,3-4,6-7H2,1-2H3,(H,14,15)/t12-/m1/s1. The number of H-pyrrole nitrogens is 1. The lowest BCUT2D eigenvalue weighted by atomic mass is 10.2. The van der Waals surface area contributed by atoms with Crippen molar-refractivity contribution < 1.29 is 4.74 Å². The van der Waals surface area contributed by atoms with E-state index in [1.54, 1.807) is 11.3 Å². The van der Waals surface area contributed by atoms with E-state index >= 15 is 0 Å². The van der Waals surface area contributed by atoms with E-state index in [-0.39, 0.29) is 6.10 Å². The van der Waals surface area contributed by atoms with E-state index in [9.17, 15) is 0 Å². The highest BCUT2D eigenvalue weighted by atomic mass is 32.1. The Morgan fingerprint density at radius 1 is 1.53 bits per heavy atom. The van der Waals surface area contributed by atoms with Crippen molar-refractivity contribution in [3.63, 3.8) is 0 Å². The normalized spacial score (nSPS) is 20.8. The molecule has 0 aliphatic carbocycles. The fourth-order valence-corrected chi connectivity index (χ4v) is 2.92. The van der Waals surface area contributed by atoms with Gasteiger partial charge in [0.15, 0.2) is 0 Å². The van der Waals surface area contributed by atoms with Gasteiger partial charge in [0.05, 0.1) is 17.3 Å². The number of aromatic nitrogens is 3. The average molecular weight is 278 g/mol. The van der Waals surface area contributed by atoms with E-state index in [0.29, 0.717) is 0 Å². The zero-order chi connectivity index (χ0) is 13.2. The van der Waals surface area contributed by atoms with Crippen LogP contribution in [-0.2, 0) is 11.3 Å². The molecule has 2 aromatic heterocycles. The second kappa shape index (κ2) is 5.40. The minimum atomic E-state index is 0.0437. The van der Waals surface area contributed by atoms with Gasteiger partial charge in [-0.15, -0.1) is 11.3 Å². The third kappa shape index (κ3) is 3.02. The van der Waals surface area contributed by atoms with Gasteiger partial charge in [-0.2, -0.15) is 0 Å². The van der Waals surface area contributed by atoms with Crippen molar-refractivity contribution in [3.05, 3.63) is 33.8 Å². The van der Waals surface area contributed by atoms with Crippen molar-refractivity contribution in [3.8, 4) is 0 Å². The quantitative estimate of drug-likeness (QED) is 0.933. The Labute approximate surface area is 116 Å². The molecule has 0 spiro atoms. The lowest BCUT2D eigenvalue weighted by Gasteiger charge is -2.31. The summed E-state index contributed by atoms with van der Waals surface area (Å²) in [5.74, 6) is 0.927. The Bertz CT molecular complexity index is 550. The van der Waals surface area contributed by atoms with Crippen LogP contribution >= 0.6 is 11.3 Å². The van der Waals surface area contributed by atoms with Crippen LogP contribution in [0.5, 0.6) is 0 Å². The molecule has 6 heteroatoms. The highest BCUT2D eigenvalue weighted by molar-refractivity contribution is 7.09. The molecule has 1 atom stereocenters. The number of imidazole rings is 1. The van der Waals surface area contributed by atoms with E-state index in [1.165, 1.54) is 0 Å². The Balaban J connectivity index is 1.64. The van der Waals surface area contributed by atoms with Crippen LogP contribution in [0.3, 0.4) is 0 Å². The number of ether oxygens (including phenoxy) is 1. The SMILES string of the molecule is Cc1cnc([C@H]2CN(Cc3csc(C)n3)CCO2)[nH]1. The van der Waals surface area contributed by atoms with Gasteiger partial charge in [0.25, 0.3) is 0 Å². The van der Waals surface area contributed by atoms with Crippen LogP contribution in [0.1, 0.15) is 28.3 Å². The fourth-order valence-electron chi connectivity index (χ4n) is 2.32. The van der Waals surface area contributed by atoms with E-state index in [2.05, 4.69) is 25.2 Å². The second-order valence-electron chi connectivity index (χ2n) is 4.90. The first-order valence-electron chi connectivity index (χ1n) is 6.47. The molecule has 3 heterocycles. The molecule has 102 valence electrons. The monoisotopic (exact) mass is 278 g/mol. The largest absolute Gasteiger partial charge is 0.368 e. The summed E-state index contributed by atoms with van der Waals surface area (Å²) in [4.78, 5) is 14.5. The van der Waals surface area contributed by atoms with Crippen LogP contribution < -0.4 is 0 Å². The first-order chi connectivity index (χ1) is 9.20. The van der Waals surface area contributed by atoms with Crippen LogP contribution in [0.2, 0.25) is 0 Å². The lowest BCUT2D eigenvalue weighted by Crippen LogP contribution is -2.38. The summed E-state index contributed by atoms with van der Waals surface area (Å²) >= 11 is 1.71. The Kier molecular flexibility index (Phi) is 3.63. The third-order valence-electron chi connectivity index (χ3n) is 3.23. The maximum atomic E-state index is 5.80. The molecule has 2 aromatic rings. The number of aryl methyl sites for hydroxylation is 2. The number of hydrogen-bond donors (Lipinski definition) is 1. The summed E-state index contributed by atoms with van der Waals surface area (Å²) in [6, 6.07) is 0. The van der Waals surface area contributed by atoms with Gasteiger partial charge in [-0.3, -0.25) is 4.90 Å². The van der Waals surface area contributed by atoms with Crippen molar-refractivity contribution in [2.45, 2.75) is 26.5 Å². The number of nitrogens with zero attached hydrogens (tertiary/aromatic N) is 3. The molecular weight excluding hydrogens is 260 g/mol. The van der Waals surface area contributed by atoms with Gasteiger partial charge in [-0.25, -0.2) is 9.97 Å². The average Bonchev–Trinajstić information content (AvgIpc) is 2.99. The maximum absolute atomic E-state index is 5.80. The number of morpholine rings is 1. The summed E-state index contributed by atoms with van der Waals surface area (Å²) in [6.07, 6.45) is 1.89. The van der Waals surface area contributed by atoms with Crippen LogP contribution in [-0.4, -0.2) is 39.5 Å². The number of hydrogen-bond acceptors (Lipinski definition) is 5. The summed E-state index contributed by atoms with van der Waals surface area (Å²) in [6.45, 7) is 7.50. The van der Waals surface area contributed by atoms with E-state index in [1.807, 2.05) is 20.0 Å². The van der Waals surface area contributed by atoms with Gasteiger partial charge < -0.3 is 9.72 Å². The van der Waals surface area contributed by atoms with Gasteiger partial charge >= 0.3 is 0 Å². The summed E-state index contributed by atoms with van der Waals surface area (Å²) in [5, 5.41) is 3.26. The minimum Gasteiger partial charge on any atom is -0.368 e. The van der Waals surface area contributed by atoms with E-state index in [4.69, 9.17) is 4.74 Å².